The smallest absolute Gasteiger partial charge is 0.307 e. The number of aromatic hydroxyl groups is 1. The average Bonchev–Trinajstić information content (AvgIpc) is 3.28. The van der Waals surface area contributed by atoms with Crippen LogP contribution in [0.15, 0.2) is 30.4 Å². The van der Waals surface area contributed by atoms with E-state index < -0.39 is 11.9 Å². The number of carboxylic acids is 1. The predicted molar refractivity (Wildman–Crippen MR) is 111 cm³/mol. The summed E-state index contributed by atoms with van der Waals surface area (Å²) < 4.78 is 5.25. The van der Waals surface area contributed by atoms with Crippen molar-refractivity contribution in [1.82, 2.24) is 0 Å². The largest absolute Gasteiger partial charge is 0.504 e. The highest BCUT2D eigenvalue weighted by molar-refractivity contribution is 5.71. The Morgan fingerprint density at radius 1 is 1.32 bits per heavy atom. The number of phenolic OH excluding ortho intramolecular Hbond substituents is 1. The number of hydrogen-bond acceptors (Lipinski definition) is 3. The van der Waals surface area contributed by atoms with Crippen molar-refractivity contribution in [2.75, 3.05) is 7.11 Å². The highest BCUT2D eigenvalue weighted by Gasteiger charge is 2.43. The summed E-state index contributed by atoms with van der Waals surface area (Å²) in [6.45, 7) is 2.02. The number of hydrogen-bond donors (Lipinski definition) is 2. The van der Waals surface area contributed by atoms with Gasteiger partial charge in [-0.3, -0.25) is 4.79 Å². The molecule has 0 amide bonds. The quantitative estimate of drug-likeness (QED) is 0.491. The lowest BCUT2D eigenvalue weighted by atomic mass is 9.79. The molecule has 2 bridgehead atoms. The molecule has 1 aromatic carbocycles. The first-order valence-electron chi connectivity index (χ1n) is 10.7. The number of rotatable bonds is 10. The number of carbonyl (C=O) groups is 1. The minimum absolute atomic E-state index is 0.0824. The maximum atomic E-state index is 12.0. The van der Waals surface area contributed by atoms with Crippen molar-refractivity contribution in [3.05, 3.63) is 35.9 Å². The molecule has 2 aliphatic rings. The Kier molecular flexibility index (Phi) is 6.69. The van der Waals surface area contributed by atoms with Gasteiger partial charge in [0.2, 0.25) is 0 Å². The molecule has 2 N–H and O–H groups in total. The fourth-order valence-corrected chi connectivity index (χ4v) is 5.44. The zero-order chi connectivity index (χ0) is 20.1. The maximum absolute atomic E-state index is 12.0. The van der Waals surface area contributed by atoms with E-state index in [4.69, 9.17) is 4.74 Å². The van der Waals surface area contributed by atoms with Gasteiger partial charge in [0, 0.05) is 5.92 Å². The van der Waals surface area contributed by atoms with Gasteiger partial charge in [-0.15, -0.1) is 0 Å². The molecule has 4 nitrogen and oxygen atoms in total. The third-order valence-electron chi connectivity index (χ3n) is 7.03. The van der Waals surface area contributed by atoms with Gasteiger partial charge in [-0.2, -0.15) is 0 Å². The van der Waals surface area contributed by atoms with Crippen LogP contribution in [0.4, 0.5) is 0 Å². The fraction of sp³-hybridized carbons (Fsp3) is 0.625. The highest BCUT2D eigenvalue weighted by Crippen LogP contribution is 2.56. The van der Waals surface area contributed by atoms with Crippen LogP contribution in [-0.2, 0) is 4.79 Å². The molecule has 0 spiro atoms. The second-order valence-electron chi connectivity index (χ2n) is 8.83. The van der Waals surface area contributed by atoms with Crippen molar-refractivity contribution < 1.29 is 19.7 Å². The summed E-state index contributed by atoms with van der Waals surface area (Å²) in [6, 6.07) is 5.22. The standard InChI is InChI=1S/C24H34O4/c1-3-6-20(23(26)27)19(18-8-9-21(25)22(15-18)28-2)7-4-5-12-24-13-10-17(16-24)11-14-24/h4-5,8-9,15,17,19-20,25H,3,6-7,10-14,16H2,1-2H3,(H,26,27). The Morgan fingerprint density at radius 3 is 2.64 bits per heavy atom. The van der Waals surface area contributed by atoms with Gasteiger partial charge in [0.1, 0.15) is 0 Å². The SMILES string of the molecule is CCCC(C(=O)O)C(CC=CCC12CCC(CC1)C2)c1ccc(O)c(OC)c1. The van der Waals surface area contributed by atoms with Crippen molar-refractivity contribution in [2.45, 2.75) is 70.6 Å². The topological polar surface area (TPSA) is 66.8 Å². The van der Waals surface area contributed by atoms with Crippen LogP contribution in [0.2, 0.25) is 0 Å². The Labute approximate surface area is 168 Å². The molecule has 2 fully saturated rings. The molecule has 0 saturated heterocycles. The lowest BCUT2D eigenvalue weighted by molar-refractivity contribution is -0.142. The number of allylic oxidation sites excluding steroid dienone is 2. The predicted octanol–water partition coefficient (Wildman–Crippen LogP) is 5.90. The third kappa shape index (κ3) is 4.53. The molecule has 2 unspecified atom stereocenters. The van der Waals surface area contributed by atoms with Crippen LogP contribution < -0.4 is 4.74 Å². The van der Waals surface area contributed by atoms with E-state index in [0.717, 1.165) is 24.3 Å². The van der Waals surface area contributed by atoms with E-state index in [2.05, 4.69) is 12.2 Å². The zero-order valence-corrected chi connectivity index (χ0v) is 17.2. The Balaban J connectivity index is 1.75. The summed E-state index contributed by atoms with van der Waals surface area (Å²) in [6.07, 6.45) is 14.7. The first kappa shape index (κ1) is 20.8. The van der Waals surface area contributed by atoms with Crippen LogP contribution in [0.1, 0.15) is 76.2 Å². The van der Waals surface area contributed by atoms with Crippen molar-refractivity contribution >= 4 is 5.97 Å². The first-order chi connectivity index (χ1) is 13.5. The number of benzene rings is 1. The fourth-order valence-electron chi connectivity index (χ4n) is 5.44. The van der Waals surface area contributed by atoms with Gasteiger partial charge in [0.05, 0.1) is 13.0 Å². The minimum Gasteiger partial charge on any atom is -0.504 e. The van der Waals surface area contributed by atoms with Crippen LogP contribution >= 0.6 is 0 Å². The van der Waals surface area contributed by atoms with E-state index in [-0.39, 0.29) is 11.7 Å². The van der Waals surface area contributed by atoms with Crippen molar-refractivity contribution in [3.8, 4) is 11.5 Å². The number of aliphatic carboxylic acids is 1. The van der Waals surface area contributed by atoms with Crippen molar-refractivity contribution in [3.63, 3.8) is 0 Å². The molecular weight excluding hydrogens is 352 g/mol. The van der Waals surface area contributed by atoms with E-state index >= 15 is 0 Å². The number of methoxy groups -OCH3 is 1. The normalized spacial score (nSPS) is 25.9. The second-order valence-corrected chi connectivity index (χ2v) is 8.83. The molecule has 0 radical (unpaired) electrons. The summed E-state index contributed by atoms with van der Waals surface area (Å²) in [5, 5.41) is 19.7. The van der Waals surface area contributed by atoms with E-state index in [1.54, 1.807) is 12.1 Å². The van der Waals surface area contributed by atoms with Crippen LogP contribution in [0.5, 0.6) is 11.5 Å². The van der Waals surface area contributed by atoms with Crippen LogP contribution in [0, 0.1) is 17.3 Å². The molecule has 0 aromatic heterocycles. The van der Waals surface area contributed by atoms with E-state index in [1.165, 1.54) is 39.2 Å². The van der Waals surface area contributed by atoms with Gasteiger partial charge >= 0.3 is 5.97 Å². The number of phenols is 1. The van der Waals surface area contributed by atoms with E-state index in [1.807, 2.05) is 13.0 Å². The highest BCUT2D eigenvalue weighted by atomic mass is 16.5. The zero-order valence-electron chi connectivity index (χ0n) is 17.2. The van der Waals surface area contributed by atoms with E-state index in [0.29, 0.717) is 24.0 Å². The minimum atomic E-state index is -0.750. The lowest BCUT2D eigenvalue weighted by Crippen LogP contribution is -2.22. The summed E-state index contributed by atoms with van der Waals surface area (Å²) in [7, 11) is 1.52. The Bertz CT molecular complexity index is 701. The Hall–Kier alpha value is -1.97. The van der Waals surface area contributed by atoms with Gasteiger partial charge in [-0.25, -0.2) is 0 Å². The second kappa shape index (κ2) is 9.02. The average molecular weight is 387 g/mol. The molecule has 0 heterocycles. The molecule has 0 aliphatic heterocycles. The molecule has 1 aromatic rings. The van der Waals surface area contributed by atoms with Crippen LogP contribution in [0.3, 0.4) is 0 Å². The monoisotopic (exact) mass is 386 g/mol. The van der Waals surface area contributed by atoms with Crippen LogP contribution in [0.25, 0.3) is 0 Å². The molecule has 154 valence electrons. The molecule has 4 heteroatoms. The summed E-state index contributed by atoms with van der Waals surface area (Å²) in [5.74, 6) is 0.116. The van der Waals surface area contributed by atoms with Gasteiger partial charge in [-0.05, 0) is 80.4 Å². The first-order valence-corrected chi connectivity index (χ1v) is 10.7. The lowest BCUT2D eigenvalue weighted by Gasteiger charge is -2.25. The van der Waals surface area contributed by atoms with Gasteiger partial charge in [0.25, 0.3) is 0 Å². The number of ether oxygens (including phenoxy) is 1. The molecule has 2 atom stereocenters. The number of carboxylic acid groups (broad SMARTS) is 1. The van der Waals surface area contributed by atoms with E-state index in [9.17, 15) is 15.0 Å². The van der Waals surface area contributed by atoms with Crippen LogP contribution in [-0.4, -0.2) is 23.3 Å². The molecular formula is C24H34O4. The maximum Gasteiger partial charge on any atom is 0.307 e. The molecule has 2 saturated carbocycles. The molecule has 3 rings (SSSR count). The number of fused-ring (bicyclic) bond motifs is 2. The van der Waals surface area contributed by atoms with Gasteiger partial charge < -0.3 is 14.9 Å². The molecule has 2 aliphatic carbocycles. The van der Waals surface area contributed by atoms with Gasteiger partial charge in [0.15, 0.2) is 11.5 Å². The Morgan fingerprint density at radius 2 is 2.07 bits per heavy atom. The van der Waals surface area contributed by atoms with Crippen molar-refractivity contribution in [1.29, 1.82) is 0 Å². The summed E-state index contributed by atoms with van der Waals surface area (Å²) >= 11 is 0. The summed E-state index contributed by atoms with van der Waals surface area (Å²) in [4.78, 5) is 12.0. The van der Waals surface area contributed by atoms with Gasteiger partial charge in [-0.1, -0.05) is 31.6 Å². The third-order valence-corrected chi connectivity index (χ3v) is 7.03. The molecule has 28 heavy (non-hydrogen) atoms. The summed E-state index contributed by atoms with van der Waals surface area (Å²) in [5.41, 5.74) is 1.44. The van der Waals surface area contributed by atoms with Crippen molar-refractivity contribution in [2.24, 2.45) is 17.3 Å².